The molecule has 12 heteroatoms. The first kappa shape index (κ1) is 24.9. The Labute approximate surface area is 197 Å². The SMILES string of the molecule is CC1(C)OP23(O[C@H](c4ccccc4)[C@@](c4ccccc4)(OC2(C(F)(F)F)C(F)(F)F)O3)OC1(C)C. The average Bonchev–Trinajstić information content (AvgIpc) is 3.24. The van der Waals surface area contributed by atoms with Crippen molar-refractivity contribution < 1.29 is 49.2 Å². The summed E-state index contributed by atoms with van der Waals surface area (Å²) in [4.78, 5) is 0. The topological polar surface area (TPSA) is 46.2 Å². The Bertz CT molecular complexity index is 1120. The zero-order valence-electron chi connectivity index (χ0n) is 19.1. The van der Waals surface area contributed by atoms with Crippen molar-refractivity contribution in [3.05, 3.63) is 71.8 Å². The molecule has 2 aromatic carbocycles. The van der Waals surface area contributed by atoms with Gasteiger partial charge in [-0.15, -0.1) is 0 Å². The Morgan fingerprint density at radius 3 is 1.60 bits per heavy atom. The van der Waals surface area contributed by atoms with Gasteiger partial charge in [0.05, 0.1) is 0 Å². The third kappa shape index (κ3) is 2.82. The average molecular weight is 524 g/mol. The van der Waals surface area contributed by atoms with Gasteiger partial charge in [0.25, 0.3) is 0 Å². The first-order valence-corrected chi connectivity index (χ1v) is 12.7. The van der Waals surface area contributed by atoms with Gasteiger partial charge in [-0.3, -0.25) is 0 Å². The summed E-state index contributed by atoms with van der Waals surface area (Å²) in [5.74, 6) is -2.68. The molecule has 3 aliphatic rings. The van der Waals surface area contributed by atoms with Gasteiger partial charge in [-0.2, -0.15) is 0 Å². The second-order valence-electron chi connectivity index (χ2n) is 9.78. The quantitative estimate of drug-likeness (QED) is 0.305. The molecule has 2 aromatic rings. The van der Waals surface area contributed by atoms with Crippen LogP contribution in [-0.2, 0) is 28.6 Å². The number of rotatable bonds is 2. The fraction of sp³-hybridized carbons (Fsp3) is 0.478. The van der Waals surface area contributed by atoms with Crippen molar-refractivity contribution >= 4 is 7.51 Å². The summed E-state index contributed by atoms with van der Waals surface area (Å²) >= 11 is 0. The van der Waals surface area contributed by atoms with Gasteiger partial charge in [0, 0.05) is 0 Å². The predicted octanol–water partition coefficient (Wildman–Crippen LogP) is 7.30. The van der Waals surface area contributed by atoms with Crippen LogP contribution in [0, 0.1) is 0 Å². The Hall–Kier alpha value is -1.75. The fourth-order valence-corrected chi connectivity index (χ4v) is 10.1. The Balaban J connectivity index is 1.90. The summed E-state index contributed by atoms with van der Waals surface area (Å²) in [6.07, 6.45) is -13.7. The van der Waals surface area contributed by atoms with Gasteiger partial charge in [0.2, 0.25) is 0 Å². The molecule has 2 atom stereocenters. The second-order valence-corrected chi connectivity index (χ2v) is 12.8. The third-order valence-corrected chi connectivity index (χ3v) is 11.3. The van der Waals surface area contributed by atoms with Gasteiger partial charge >= 0.3 is 197 Å². The van der Waals surface area contributed by atoms with Crippen LogP contribution in [0.15, 0.2) is 60.7 Å². The normalized spacial score (nSPS) is 32.9. The van der Waals surface area contributed by atoms with Gasteiger partial charge in [-0.05, 0) is 0 Å². The van der Waals surface area contributed by atoms with E-state index in [1.54, 1.807) is 24.3 Å². The van der Waals surface area contributed by atoms with Crippen LogP contribution in [-0.4, -0.2) is 28.9 Å². The van der Waals surface area contributed by atoms with E-state index in [2.05, 4.69) is 0 Å². The van der Waals surface area contributed by atoms with E-state index in [1.165, 1.54) is 64.1 Å². The molecule has 1 spiro atoms. The van der Waals surface area contributed by atoms with E-state index in [9.17, 15) is 26.3 Å². The molecule has 0 unspecified atom stereocenters. The van der Waals surface area contributed by atoms with Gasteiger partial charge in [0.1, 0.15) is 0 Å². The number of ether oxygens (including phenoxy) is 1. The minimum absolute atomic E-state index is 0.111. The van der Waals surface area contributed by atoms with Crippen molar-refractivity contribution in [2.45, 2.75) is 68.5 Å². The molecule has 192 valence electrons. The molecule has 0 saturated carbocycles. The van der Waals surface area contributed by atoms with Crippen LogP contribution in [0.25, 0.3) is 0 Å². The number of halogens is 6. The van der Waals surface area contributed by atoms with Crippen molar-refractivity contribution in [1.82, 2.24) is 0 Å². The van der Waals surface area contributed by atoms with E-state index in [-0.39, 0.29) is 11.1 Å². The zero-order valence-corrected chi connectivity index (χ0v) is 20.0. The first-order chi connectivity index (χ1) is 16.0. The number of benzene rings is 2. The van der Waals surface area contributed by atoms with Gasteiger partial charge in [-0.1, -0.05) is 0 Å². The van der Waals surface area contributed by atoms with Crippen LogP contribution in [0.2, 0.25) is 0 Å². The molecule has 0 N–H and O–H groups in total. The van der Waals surface area contributed by atoms with Crippen LogP contribution in [0.3, 0.4) is 0 Å². The van der Waals surface area contributed by atoms with Crippen molar-refractivity contribution in [2.75, 3.05) is 0 Å². The summed E-state index contributed by atoms with van der Waals surface area (Å²) < 4.78 is 118. The minimum atomic E-state index is -6.74. The van der Waals surface area contributed by atoms with E-state index in [0.29, 0.717) is 0 Å². The maximum absolute atomic E-state index is 14.8. The number of hydrogen-bond donors (Lipinski definition) is 0. The number of fused-ring (bicyclic) bond motifs is 1. The Morgan fingerprint density at radius 2 is 1.14 bits per heavy atom. The van der Waals surface area contributed by atoms with Crippen molar-refractivity contribution in [3.8, 4) is 0 Å². The Kier molecular flexibility index (Phi) is 4.81. The summed E-state index contributed by atoms with van der Waals surface area (Å²) in [5, 5.41) is -5.03. The van der Waals surface area contributed by atoms with Crippen LogP contribution in [0.1, 0.15) is 44.9 Å². The molecule has 3 aliphatic heterocycles. The second kappa shape index (κ2) is 6.76. The van der Waals surface area contributed by atoms with Crippen molar-refractivity contribution in [3.63, 3.8) is 0 Å². The molecule has 2 bridgehead atoms. The molecule has 3 saturated heterocycles. The summed E-state index contributed by atoms with van der Waals surface area (Å²) in [6, 6.07) is 14.8. The summed E-state index contributed by atoms with van der Waals surface area (Å²) in [7, 11) is -6.74. The third-order valence-electron chi connectivity index (χ3n) is 7.01. The molecule has 0 aromatic heterocycles. The Morgan fingerprint density at radius 1 is 0.686 bits per heavy atom. The standard InChI is InChI=1S/C23H23F6O5P/c1-18(2)19(3,4)33-35(32-18)21(22(24,25)26,23(27,28)29)31-20(34-35,16-13-9-6-10-14-16)17(30-35)15-11-7-5-8-12-15/h5-14,17H,1-4H3/t17-,20+/m1/s1. The van der Waals surface area contributed by atoms with Gasteiger partial charge in [0.15, 0.2) is 0 Å². The van der Waals surface area contributed by atoms with Crippen molar-refractivity contribution in [2.24, 2.45) is 0 Å². The molecular formula is C23H23F6O5P. The molecule has 0 aliphatic carbocycles. The number of hydrogen-bond acceptors (Lipinski definition) is 5. The summed E-state index contributed by atoms with van der Waals surface area (Å²) in [6.45, 7) is 5.29. The molecule has 3 heterocycles. The monoisotopic (exact) mass is 524 g/mol. The fourth-order valence-electron chi connectivity index (χ4n) is 4.83. The molecule has 0 radical (unpaired) electrons. The van der Waals surface area contributed by atoms with Crippen LogP contribution >= 0.6 is 7.51 Å². The van der Waals surface area contributed by atoms with Gasteiger partial charge < -0.3 is 0 Å². The maximum atomic E-state index is 14.8. The molecular weight excluding hydrogens is 501 g/mol. The van der Waals surface area contributed by atoms with E-state index in [4.69, 9.17) is 22.8 Å². The van der Waals surface area contributed by atoms with Crippen LogP contribution in [0.4, 0.5) is 26.3 Å². The predicted molar refractivity (Wildman–Crippen MR) is 113 cm³/mol. The van der Waals surface area contributed by atoms with E-state index < -0.39 is 48.3 Å². The zero-order chi connectivity index (χ0) is 25.8. The van der Waals surface area contributed by atoms with E-state index >= 15 is 0 Å². The van der Waals surface area contributed by atoms with Crippen molar-refractivity contribution in [1.29, 1.82) is 0 Å². The van der Waals surface area contributed by atoms with E-state index in [0.717, 1.165) is 0 Å². The molecule has 35 heavy (non-hydrogen) atoms. The first-order valence-electron chi connectivity index (χ1n) is 10.7. The number of alkyl halides is 6. The van der Waals surface area contributed by atoms with Gasteiger partial charge in [-0.25, -0.2) is 0 Å². The summed E-state index contributed by atoms with van der Waals surface area (Å²) in [5.41, 5.74) is -3.26. The molecule has 3 fully saturated rings. The van der Waals surface area contributed by atoms with Crippen LogP contribution in [0.5, 0.6) is 0 Å². The molecule has 5 nitrogen and oxygen atoms in total. The molecule has 5 rings (SSSR count). The molecule has 0 amide bonds. The van der Waals surface area contributed by atoms with Crippen LogP contribution < -0.4 is 0 Å². The van der Waals surface area contributed by atoms with E-state index in [1.807, 2.05) is 0 Å².